The highest BCUT2D eigenvalue weighted by atomic mass is 79.9. The molecule has 1 aromatic carbocycles. The van der Waals surface area contributed by atoms with E-state index in [0.717, 1.165) is 9.37 Å². The van der Waals surface area contributed by atoms with Gasteiger partial charge in [-0.2, -0.15) is 0 Å². The normalized spacial score (nSPS) is 10.1. The zero-order valence-electron chi connectivity index (χ0n) is 10.3. The standard InChI is InChI=1S/C13H11BrN2O3S/c14-9-3-5-10(6-4-9)20-8-12(17)15-16-13(18)11-2-1-7-19-11/h1-7H,8H2,(H,15,17)(H,16,18). The summed E-state index contributed by atoms with van der Waals surface area (Å²) in [7, 11) is 0. The minimum atomic E-state index is -0.489. The molecule has 0 spiro atoms. The van der Waals surface area contributed by atoms with Crippen LogP contribution in [0.15, 0.2) is 56.4 Å². The van der Waals surface area contributed by atoms with Crippen LogP contribution in [0, 0.1) is 0 Å². The smallest absolute Gasteiger partial charge is 0.305 e. The maximum atomic E-state index is 11.6. The van der Waals surface area contributed by atoms with Gasteiger partial charge >= 0.3 is 5.91 Å². The fraction of sp³-hybridized carbons (Fsp3) is 0.0769. The monoisotopic (exact) mass is 354 g/mol. The Bertz CT molecular complexity index is 584. The van der Waals surface area contributed by atoms with E-state index < -0.39 is 5.91 Å². The van der Waals surface area contributed by atoms with Gasteiger partial charge in [0.25, 0.3) is 0 Å². The van der Waals surface area contributed by atoms with Gasteiger partial charge in [0.2, 0.25) is 5.91 Å². The SMILES string of the molecule is O=C(CSc1ccc(Br)cc1)NNC(=O)c1ccco1. The van der Waals surface area contributed by atoms with Crippen LogP contribution in [-0.2, 0) is 4.79 Å². The van der Waals surface area contributed by atoms with Crippen LogP contribution in [0.2, 0.25) is 0 Å². The third-order valence-corrected chi connectivity index (χ3v) is 3.78. The van der Waals surface area contributed by atoms with Crippen molar-refractivity contribution in [2.75, 3.05) is 5.75 Å². The first kappa shape index (κ1) is 14.7. The molecule has 7 heteroatoms. The number of carbonyl (C=O) groups is 2. The van der Waals surface area contributed by atoms with Crippen molar-refractivity contribution < 1.29 is 14.0 Å². The van der Waals surface area contributed by atoms with E-state index in [1.165, 1.54) is 24.1 Å². The van der Waals surface area contributed by atoms with Crippen LogP contribution < -0.4 is 10.9 Å². The highest BCUT2D eigenvalue weighted by Gasteiger charge is 2.09. The molecule has 2 amide bonds. The molecule has 2 N–H and O–H groups in total. The van der Waals surface area contributed by atoms with Crippen LogP contribution in [0.25, 0.3) is 0 Å². The Morgan fingerprint density at radius 2 is 1.90 bits per heavy atom. The van der Waals surface area contributed by atoms with Gasteiger partial charge in [-0.3, -0.25) is 20.4 Å². The molecular weight excluding hydrogens is 344 g/mol. The van der Waals surface area contributed by atoms with Crippen LogP contribution in [-0.4, -0.2) is 17.6 Å². The molecule has 2 rings (SSSR count). The van der Waals surface area contributed by atoms with Crippen molar-refractivity contribution in [3.05, 3.63) is 52.9 Å². The van der Waals surface area contributed by atoms with Crippen LogP contribution in [0.4, 0.5) is 0 Å². The number of amides is 2. The molecule has 0 bridgehead atoms. The van der Waals surface area contributed by atoms with E-state index in [4.69, 9.17) is 4.42 Å². The van der Waals surface area contributed by atoms with Gasteiger partial charge in [-0.1, -0.05) is 15.9 Å². The molecule has 0 fully saturated rings. The second-order valence-corrected chi connectivity index (χ2v) is 5.69. The average Bonchev–Trinajstić information content (AvgIpc) is 2.98. The molecule has 0 aliphatic rings. The zero-order chi connectivity index (χ0) is 14.4. The molecule has 104 valence electrons. The van der Waals surface area contributed by atoms with Crippen LogP contribution in [0.1, 0.15) is 10.6 Å². The second kappa shape index (κ2) is 7.16. The number of furan rings is 1. The Labute approximate surface area is 128 Å². The molecule has 0 aliphatic heterocycles. The lowest BCUT2D eigenvalue weighted by molar-refractivity contribution is -0.119. The number of halogens is 1. The maximum Gasteiger partial charge on any atom is 0.305 e. The van der Waals surface area contributed by atoms with E-state index in [0.29, 0.717) is 0 Å². The predicted molar refractivity (Wildman–Crippen MR) is 79.2 cm³/mol. The largest absolute Gasteiger partial charge is 0.459 e. The maximum absolute atomic E-state index is 11.6. The predicted octanol–water partition coefficient (Wildman–Crippen LogP) is 2.60. The topological polar surface area (TPSA) is 71.3 Å². The van der Waals surface area contributed by atoms with Crippen molar-refractivity contribution in [3.8, 4) is 0 Å². The Morgan fingerprint density at radius 3 is 2.55 bits per heavy atom. The van der Waals surface area contributed by atoms with Crippen LogP contribution in [0.5, 0.6) is 0 Å². The highest BCUT2D eigenvalue weighted by Crippen LogP contribution is 2.20. The molecule has 1 heterocycles. The summed E-state index contributed by atoms with van der Waals surface area (Å²) in [6.45, 7) is 0. The fourth-order valence-electron chi connectivity index (χ4n) is 1.31. The Morgan fingerprint density at radius 1 is 1.15 bits per heavy atom. The molecule has 5 nitrogen and oxygen atoms in total. The van der Waals surface area contributed by atoms with E-state index in [1.807, 2.05) is 24.3 Å². The number of rotatable bonds is 4. The lowest BCUT2D eigenvalue weighted by Gasteiger charge is -2.05. The lowest BCUT2D eigenvalue weighted by Crippen LogP contribution is -2.42. The first-order chi connectivity index (χ1) is 9.65. The number of carbonyl (C=O) groups excluding carboxylic acids is 2. The minimum absolute atomic E-state index is 0.144. The van der Waals surface area contributed by atoms with Gasteiger partial charge in [-0.25, -0.2) is 0 Å². The second-order valence-electron chi connectivity index (χ2n) is 3.72. The fourth-order valence-corrected chi connectivity index (χ4v) is 2.27. The third-order valence-electron chi connectivity index (χ3n) is 2.24. The minimum Gasteiger partial charge on any atom is -0.459 e. The number of nitrogens with one attached hydrogen (secondary N) is 2. The Kier molecular flexibility index (Phi) is 5.25. The molecule has 2 aromatic rings. The van der Waals surface area contributed by atoms with Crippen LogP contribution in [0.3, 0.4) is 0 Å². The summed E-state index contributed by atoms with van der Waals surface area (Å²) in [6, 6.07) is 10.7. The van der Waals surface area contributed by atoms with Gasteiger partial charge in [0.1, 0.15) is 0 Å². The molecule has 1 aromatic heterocycles. The van der Waals surface area contributed by atoms with E-state index in [-0.39, 0.29) is 17.4 Å². The van der Waals surface area contributed by atoms with E-state index in [2.05, 4.69) is 26.8 Å². The summed E-state index contributed by atoms with van der Waals surface area (Å²) >= 11 is 4.72. The molecule has 0 saturated carbocycles. The first-order valence-corrected chi connectivity index (χ1v) is 7.44. The summed E-state index contributed by atoms with van der Waals surface area (Å²) in [5.74, 6) is -0.430. The van der Waals surface area contributed by atoms with Gasteiger partial charge in [-0.15, -0.1) is 11.8 Å². The summed E-state index contributed by atoms with van der Waals surface area (Å²) in [5.41, 5.74) is 4.60. The van der Waals surface area contributed by atoms with Gasteiger partial charge in [0, 0.05) is 9.37 Å². The van der Waals surface area contributed by atoms with E-state index in [1.54, 1.807) is 6.07 Å². The molecular formula is C13H11BrN2O3S. The quantitative estimate of drug-likeness (QED) is 0.653. The summed E-state index contributed by atoms with van der Waals surface area (Å²) in [6.07, 6.45) is 1.39. The highest BCUT2D eigenvalue weighted by molar-refractivity contribution is 9.10. The first-order valence-electron chi connectivity index (χ1n) is 5.66. The summed E-state index contributed by atoms with van der Waals surface area (Å²) in [4.78, 5) is 24.0. The van der Waals surface area contributed by atoms with Crippen molar-refractivity contribution in [1.29, 1.82) is 0 Å². The number of hydrogen-bond donors (Lipinski definition) is 2. The zero-order valence-corrected chi connectivity index (χ0v) is 12.7. The molecule has 0 unspecified atom stereocenters. The Hall–Kier alpha value is -1.73. The van der Waals surface area contributed by atoms with Crippen molar-refractivity contribution >= 4 is 39.5 Å². The molecule has 0 aliphatic carbocycles. The van der Waals surface area contributed by atoms with Crippen molar-refractivity contribution in [2.24, 2.45) is 0 Å². The number of benzene rings is 1. The molecule has 0 saturated heterocycles. The van der Waals surface area contributed by atoms with Crippen molar-refractivity contribution in [3.63, 3.8) is 0 Å². The number of thioether (sulfide) groups is 1. The lowest BCUT2D eigenvalue weighted by atomic mass is 10.4. The van der Waals surface area contributed by atoms with Gasteiger partial charge < -0.3 is 4.42 Å². The van der Waals surface area contributed by atoms with E-state index in [9.17, 15) is 9.59 Å². The number of hydrogen-bond acceptors (Lipinski definition) is 4. The van der Waals surface area contributed by atoms with Crippen LogP contribution >= 0.6 is 27.7 Å². The van der Waals surface area contributed by atoms with Crippen molar-refractivity contribution in [1.82, 2.24) is 10.9 Å². The third kappa shape index (κ3) is 4.43. The average molecular weight is 355 g/mol. The Balaban J connectivity index is 1.73. The number of hydrazine groups is 1. The van der Waals surface area contributed by atoms with Gasteiger partial charge in [0.15, 0.2) is 5.76 Å². The summed E-state index contributed by atoms with van der Waals surface area (Å²) in [5, 5.41) is 0. The molecule has 0 radical (unpaired) electrons. The van der Waals surface area contributed by atoms with Gasteiger partial charge in [0.05, 0.1) is 12.0 Å². The molecule has 0 atom stereocenters. The summed E-state index contributed by atoms with van der Waals surface area (Å²) < 4.78 is 5.88. The molecule has 20 heavy (non-hydrogen) atoms. The van der Waals surface area contributed by atoms with Gasteiger partial charge in [-0.05, 0) is 36.4 Å². The van der Waals surface area contributed by atoms with E-state index >= 15 is 0 Å². The van der Waals surface area contributed by atoms with Crippen molar-refractivity contribution in [2.45, 2.75) is 4.90 Å².